The molecule has 0 saturated heterocycles. The summed E-state index contributed by atoms with van der Waals surface area (Å²) in [7, 11) is 0. The van der Waals surface area contributed by atoms with Crippen molar-refractivity contribution in [2.45, 2.75) is 32.4 Å². The smallest absolute Gasteiger partial charge is 0.315 e. The van der Waals surface area contributed by atoms with Gasteiger partial charge in [-0.1, -0.05) is 42.4 Å². The van der Waals surface area contributed by atoms with E-state index >= 15 is 0 Å². The third-order valence-corrected chi connectivity index (χ3v) is 3.26. The van der Waals surface area contributed by atoms with Gasteiger partial charge in [0.05, 0.1) is 18.7 Å². The van der Waals surface area contributed by atoms with Crippen LogP contribution in [0.5, 0.6) is 0 Å². The molecule has 3 N–H and O–H groups in total. The molecule has 2 amide bonds. The van der Waals surface area contributed by atoms with Gasteiger partial charge in [-0.3, -0.25) is 0 Å². The molecule has 22 heavy (non-hydrogen) atoms. The first-order valence-electron chi connectivity index (χ1n) is 7.17. The van der Waals surface area contributed by atoms with Crippen LogP contribution in [0.25, 0.3) is 0 Å². The molecule has 0 bridgehead atoms. The lowest BCUT2D eigenvalue weighted by atomic mass is 10.1. The fraction of sp³-hybridized carbons (Fsp3) is 0.400. The molecule has 2 rings (SSSR count). The van der Waals surface area contributed by atoms with Crippen LogP contribution in [0, 0.1) is 6.92 Å². The maximum Gasteiger partial charge on any atom is 0.315 e. The van der Waals surface area contributed by atoms with E-state index < -0.39 is 12.1 Å². The van der Waals surface area contributed by atoms with Crippen LogP contribution in [0.3, 0.4) is 0 Å². The number of amides is 2. The second-order valence-corrected chi connectivity index (χ2v) is 4.90. The average molecular weight is 304 g/mol. The largest absolute Gasteiger partial charge is 0.394 e. The number of nitrogens with one attached hydrogen (secondary N) is 2. The SMILES string of the molecule is CC[C@@H](NC(=O)N[C@H](CO)c1ccccc1)c1noc(C)n1. The van der Waals surface area contributed by atoms with Crippen molar-refractivity contribution in [1.29, 1.82) is 0 Å². The summed E-state index contributed by atoms with van der Waals surface area (Å²) >= 11 is 0. The monoisotopic (exact) mass is 304 g/mol. The first-order valence-corrected chi connectivity index (χ1v) is 7.17. The van der Waals surface area contributed by atoms with Crippen LogP contribution in [0.1, 0.15) is 42.7 Å². The Morgan fingerprint density at radius 1 is 1.27 bits per heavy atom. The Hall–Kier alpha value is -2.41. The van der Waals surface area contributed by atoms with E-state index in [0.29, 0.717) is 18.1 Å². The number of carbonyl (C=O) groups excluding carboxylic acids is 1. The van der Waals surface area contributed by atoms with Crippen LogP contribution in [-0.4, -0.2) is 27.9 Å². The number of carbonyl (C=O) groups is 1. The van der Waals surface area contributed by atoms with E-state index in [1.54, 1.807) is 6.92 Å². The fourth-order valence-corrected chi connectivity index (χ4v) is 2.08. The number of hydrogen-bond acceptors (Lipinski definition) is 5. The standard InChI is InChI=1S/C15H20N4O3/c1-3-12(14-16-10(2)22-19-14)17-15(21)18-13(9-20)11-7-5-4-6-8-11/h4-8,12-13,20H,3,9H2,1-2H3,(H2,17,18,21)/t12-,13-/m1/s1. The van der Waals surface area contributed by atoms with E-state index in [1.807, 2.05) is 37.3 Å². The third kappa shape index (κ3) is 4.05. The van der Waals surface area contributed by atoms with Gasteiger partial charge in [-0.05, 0) is 12.0 Å². The lowest BCUT2D eigenvalue weighted by Gasteiger charge is -2.19. The molecule has 0 aliphatic carbocycles. The molecule has 1 heterocycles. The van der Waals surface area contributed by atoms with E-state index in [2.05, 4.69) is 20.8 Å². The zero-order valence-electron chi connectivity index (χ0n) is 12.6. The summed E-state index contributed by atoms with van der Waals surface area (Å²) in [5.41, 5.74) is 0.837. The predicted octanol–water partition coefficient (Wildman–Crippen LogP) is 1.86. The average Bonchev–Trinajstić information content (AvgIpc) is 2.97. The van der Waals surface area contributed by atoms with Gasteiger partial charge >= 0.3 is 6.03 Å². The summed E-state index contributed by atoms with van der Waals surface area (Å²) in [4.78, 5) is 16.2. The molecule has 2 atom stereocenters. The number of rotatable bonds is 6. The Labute approximate surface area is 128 Å². The van der Waals surface area contributed by atoms with Crippen LogP contribution in [0.15, 0.2) is 34.9 Å². The molecule has 0 radical (unpaired) electrons. The van der Waals surface area contributed by atoms with Crippen molar-refractivity contribution in [3.05, 3.63) is 47.6 Å². The first-order chi connectivity index (χ1) is 10.6. The highest BCUT2D eigenvalue weighted by Crippen LogP contribution is 2.14. The number of nitrogens with zero attached hydrogens (tertiary/aromatic N) is 2. The summed E-state index contributed by atoms with van der Waals surface area (Å²) < 4.78 is 4.93. The van der Waals surface area contributed by atoms with E-state index in [9.17, 15) is 9.90 Å². The van der Waals surface area contributed by atoms with Crippen LogP contribution in [0.4, 0.5) is 4.79 Å². The lowest BCUT2D eigenvalue weighted by Crippen LogP contribution is -2.41. The maximum absolute atomic E-state index is 12.1. The highest BCUT2D eigenvalue weighted by molar-refractivity contribution is 5.74. The molecule has 7 heteroatoms. The van der Waals surface area contributed by atoms with Gasteiger partial charge in [0.1, 0.15) is 0 Å². The zero-order chi connectivity index (χ0) is 15.9. The van der Waals surface area contributed by atoms with Gasteiger partial charge in [0.2, 0.25) is 5.89 Å². The molecule has 0 fully saturated rings. The van der Waals surface area contributed by atoms with Crippen molar-refractivity contribution < 1.29 is 14.4 Å². The number of benzene rings is 1. The Balaban J connectivity index is 1.98. The molecule has 0 aliphatic heterocycles. The Morgan fingerprint density at radius 3 is 2.50 bits per heavy atom. The number of aliphatic hydroxyl groups is 1. The minimum absolute atomic E-state index is 0.185. The van der Waals surface area contributed by atoms with Gasteiger partial charge in [-0.2, -0.15) is 4.98 Å². The topological polar surface area (TPSA) is 100 Å². The molecule has 0 spiro atoms. The van der Waals surface area contributed by atoms with Crippen LogP contribution in [0.2, 0.25) is 0 Å². The number of aliphatic hydroxyl groups excluding tert-OH is 1. The Bertz CT molecular complexity index is 600. The van der Waals surface area contributed by atoms with Gasteiger partial charge in [0.15, 0.2) is 5.82 Å². The minimum atomic E-state index is -0.467. The Kier molecular flexibility index (Phi) is 5.48. The Morgan fingerprint density at radius 2 is 1.95 bits per heavy atom. The van der Waals surface area contributed by atoms with Crippen LogP contribution in [-0.2, 0) is 0 Å². The van der Waals surface area contributed by atoms with Crippen molar-refractivity contribution in [2.24, 2.45) is 0 Å². The molecule has 0 saturated carbocycles. The predicted molar refractivity (Wildman–Crippen MR) is 80.0 cm³/mol. The number of aryl methyl sites for hydroxylation is 1. The van der Waals surface area contributed by atoms with Crippen molar-refractivity contribution in [3.8, 4) is 0 Å². The minimum Gasteiger partial charge on any atom is -0.394 e. The van der Waals surface area contributed by atoms with Gasteiger partial charge in [0.25, 0.3) is 0 Å². The molecule has 1 aromatic heterocycles. The summed E-state index contributed by atoms with van der Waals surface area (Å²) in [6.07, 6.45) is 0.627. The molecule has 2 aromatic rings. The van der Waals surface area contributed by atoms with Gasteiger partial charge < -0.3 is 20.3 Å². The van der Waals surface area contributed by atoms with Gasteiger partial charge in [-0.15, -0.1) is 0 Å². The summed E-state index contributed by atoms with van der Waals surface area (Å²) in [5, 5.41) is 18.8. The fourth-order valence-electron chi connectivity index (χ4n) is 2.08. The quantitative estimate of drug-likeness (QED) is 0.756. The summed E-state index contributed by atoms with van der Waals surface area (Å²) in [6, 6.07) is 8.09. The molecular formula is C15H20N4O3. The maximum atomic E-state index is 12.1. The normalized spacial score (nSPS) is 13.4. The highest BCUT2D eigenvalue weighted by atomic mass is 16.5. The van der Waals surface area contributed by atoms with E-state index in [0.717, 1.165) is 5.56 Å². The van der Waals surface area contributed by atoms with Gasteiger partial charge in [0, 0.05) is 6.92 Å². The second kappa shape index (κ2) is 7.56. The number of hydrogen-bond donors (Lipinski definition) is 3. The lowest BCUT2D eigenvalue weighted by molar-refractivity contribution is 0.213. The first kappa shape index (κ1) is 16.0. The molecule has 7 nitrogen and oxygen atoms in total. The van der Waals surface area contributed by atoms with Crippen LogP contribution < -0.4 is 10.6 Å². The molecule has 1 aromatic carbocycles. The molecule has 0 unspecified atom stereocenters. The molecule has 118 valence electrons. The number of aromatic nitrogens is 2. The van der Waals surface area contributed by atoms with E-state index in [-0.39, 0.29) is 12.6 Å². The molecular weight excluding hydrogens is 284 g/mol. The summed E-state index contributed by atoms with van der Waals surface area (Å²) in [5.74, 6) is 0.892. The van der Waals surface area contributed by atoms with Crippen molar-refractivity contribution >= 4 is 6.03 Å². The zero-order valence-corrected chi connectivity index (χ0v) is 12.6. The highest BCUT2D eigenvalue weighted by Gasteiger charge is 2.20. The van der Waals surface area contributed by atoms with E-state index in [1.165, 1.54) is 0 Å². The van der Waals surface area contributed by atoms with Crippen molar-refractivity contribution in [1.82, 2.24) is 20.8 Å². The second-order valence-electron chi connectivity index (χ2n) is 4.90. The van der Waals surface area contributed by atoms with E-state index in [4.69, 9.17) is 4.52 Å². The number of urea groups is 1. The van der Waals surface area contributed by atoms with Crippen LogP contribution >= 0.6 is 0 Å². The van der Waals surface area contributed by atoms with Crippen molar-refractivity contribution in [3.63, 3.8) is 0 Å². The molecule has 0 aliphatic rings. The third-order valence-electron chi connectivity index (χ3n) is 3.26. The van der Waals surface area contributed by atoms with Crippen molar-refractivity contribution in [2.75, 3.05) is 6.61 Å². The summed E-state index contributed by atoms with van der Waals surface area (Å²) in [6.45, 7) is 3.42. The van der Waals surface area contributed by atoms with Gasteiger partial charge in [-0.25, -0.2) is 4.79 Å².